The van der Waals surface area contributed by atoms with Crippen LogP contribution in [0, 0.1) is 25.3 Å². The predicted octanol–water partition coefficient (Wildman–Crippen LogP) is 1.16. The highest BCUT2D eigenvalue weighted by Gasteiger charge is 2.55. The van der Waals surface area contributed by atoms with Crippen molar-refractivity contribution in [3.63, 3.8) is 0 Å². The summed E-state index contributed by atoms with van der Waals surface area (Å²) in [7, 11) is 1.02. The van der Waals surface area contributed by atoms with Gasteiger partial charge in [-0.3, -0.25) is 4.57 Å². The summed E-state index contributed by atoms with van der Waals surface area (Å²) in [5.74, 6) is -1.30. The molecular weight excluding hydrogens is 477 g/mol. The Morgan fingerprint density at radius 2 is 2.14 bits per heavy atom. The lowest BCUT2D eigenvalue weighted by Crippen LogP contribution is -2.45. The van der Waals surface area contributed by atoms with Crippen molar-refractivity contribution in [1.29, 1.82) is 0 Å². The largest absolute Gasteiger partial charge is 0.519 e. The fraction of sp³-hybridized carbons (Fsp3) is 0.368. The zero-order valence-corrected chi connectivity index (χ0v) is 18.1. The smallest absolute Gasteiger partial charge is 0.438 e. The van der Waals surface area contributed by atoms with Crippen LogP contribution in [0.3, 0.4) is 0 Å². The lowest BCUT2D eigenvalue weighted by atomic mass is 10.1. The summed E-state index contributed by atoms with van der Waals surface area (Å²) in [5.41, 5.74) is 5.68. The number of hydrogen-bond acceptors (Lipinski definition) is 14. The number of terminal acetylenes is 1. The maximum absolute atomic E-state index is 13.8. The van der Waals surface area contributed by atoms with Crippen LogP contribution in [-0.4, -0.2) is 50.8 Å². The standard InChI is InChI=1S/C19H16FN5O10/c1-4-19(35-16(26)29-3)10(33-17(27)30-6-9-8(2)31-18(28)32-9)5-11(34-19)25-7-22-12-13(21)23-15(20)24-14(12)25/h1,7,10-11H,5-6H2,2-3H3,(H2,21,23,24)/t10-,11+,19+/m0/s1. The Bertz CT molecular complexity index is 1390. The fourth-order valence-electron chi connectivity index (χ4n) is 3.27. The van der Waals surface area contributed by atoms with Crippen molar-refractivity contribution in [3.05, 3.63) is 34.5 Å². The average molecular weight is 493 g/mol. The van der Waals surface area contributed by atoms with Gasteiger partial charge in [0.25, 0.3) is 0 Å². The van der Waals surface area contributed by atoms with Crippen LogP contribution in [0.4, 0.5) is 19.8 Å². The van der Waals surface area contributed by atoms with E-state index in [9.17, 15) is 18.8 Å². The molecule has 15 nitrogen and oxygen atoms in total. The predicted molar refractivity (Wildman–Crippen MR) is 107 cm³/mol. The highest BCUT2D eigenvalue weighted by atomic mass is 19.1. The number of rotatable bonds is 5. The molecule has 0 amide bonds. The van der Waals surface area contributed by atoms with Crippen molar-refractivity contribution in [2.24, 2.45) is 0 Å². The number of aromatic nitrogens is 4. The van der Waals surface area contributed by atoms with Gasteiger partial charge in [0.15, 0.2) is 41.2 Å². The SMILES string of the molecule is C#C[C@]1(OC(=O)OC)O[C@@H](n2cnc3c(N)nc(F)nc32)C[C@@H]1OC(=O)OCc1oc(=O)oc1C. The molecule has 3 atom stereocenters. The number of aryl methyl sites for hydroxylation is 1. The molecule has 0 spiro atoms. The molecule has 16 heteroatoms. The maximum Gasteiger partial charge on any atom is 0.519 e. The van der Waals surface area contributed by atoms with Crippen LogP contribution in [0.5, 0.6) is 0 Å². The first kappa shape index (κ1) is 23.5. The van der Waals surface area contributed by atoms with Crippen LogP contribution in [-0.2, 0) is 30.3 Å². The molecule has 3 aromatic heterocycles. The highest BCUT2D eigenvalue weighted by Crippen LogP contribution is 2.41. The van der Waals surface area contributed by atoms with Crippen molar-refractivity contribution >= 4 is 29.3 Å². The van der Waals surface area contributed by atoms with Crippen LogP contribution in [0.1, 0.15) is 24.2 Å². The normalized spacial score (nSPS) is 21.4. The average Bonchev–Trinajstić information content (AvgIpc) is 3.47. The number of nitrogen functional groups attached to an aromatic ring is 1. The van der Waals surface area contributed by atoms with Gasteiger partial charge in [-0.15, -0.1) is 6.42 Å². The summed E-state index contributed by atoms with van der Waals surface area (Å²) in [6, 6.07) is 0. The third-order valence-electron chi connectivity index (χ3n) is 4.88. The van der Waals surface area contributed by atoms with Gasteiger partial charge >= 0.3 is 30.0 Å². The van der Waals surface area contributed by atoms with E-state index in [2.05, 4.69) is 30.0 Å². The molecule has 4 rings (SSSR count). The summed E-state index contributed by atoms with van der Waals surface area (Å²) in [5, 5.41) is 0. The summed E-state index contributed by atoms with van der Waals surface area (Å²) >= 11 is 0. The van der Waals surface area contributed by atoms with Crippen LogP contribution in [0.15, 0.2) is 20.0 Å². The second-order valence-corrected chi connectivity index (χ2v) is 6.96. The molecule has 1 fully saturated rings. The molecule has 0 aromatic carbocycles. The highest BCUT2D eigenvalue weighted by molar-refractivity contribution is 5.81. The van der Waals surface area contributed by atoms with Crippen LogP contribution >= 0.6 is 0 Å². The maximum atomic E-state index is 13.8. The third-order valence-corrected chi connectivity index (χ3v) is 4.88. The Balaban J connectivity index is 1.59. The summed E-state index contributed by atoms with van der Waals surface area (Å²) in [6.45, 7) is 0.919. The minimum absolute atomic E-state index is 0.0503. The van der Waals surface area contributed by atoms with Gasteiger partial charge in [0, 0.05) is 6.42 Å². The van der Waals surface area contributed by atoms with Crippen molar-refractivity contribution in [1.82, 2.24) is 19.5 Å². The molecule has 1 aliphatic rings. The second kappa shape index (κ2) is 8.95. The van der Waals surface area contributed by atoms with E-state index in [1.807, 2.05) is 0 Å². The zero-order valence-electron chi connectivity index (χ0n) is 18.1. The number of imidazole rings is 1. The van der Waals surface area contributed by atoms with E-state index in [0.29, 0.717) is 0 Å². The number of fused-ring (bicyclic) bond motifs is 1. The van der Waals surface area contributed by atoms with E-state index in [4.69, 9.17) is 35.5 Å². The molecule has 0 saturated carbocycles. The molecule has 3 aromatic rings. The minimum Gasteiger partial charge on any atom is -0.438 e. The van der Waals surface area contributed by atoms with Crippen LogP contribution < -0.4 is 11.6 Å². The first-order chi connectivity index (χ1) is 16.7. The van der Waals surface area contributed by atoms with E-state index >= 15 is 0 Å². The van der Waals surface area contributed by atoms with Crippen molar-refractivity contribution in [2.75, 3.05) is 12.8 Å². The Kier molecular flexibility index (Phi) is 6.01. The van der Waals surface area contributed by atoms with Crippen LogP contribution in [0.2, 0.25) is 0 Å². The third kappa shape index (κ3) is 4.44. The summed E-state index contributed by atoms with van der Waals surface area (Å²) in [4.78, 5) is 46.4. The zero-order chi connectivity index (χ0) is 25.3. The van der Waals surface area contributed by atoms with Gasteiger partial charge in [-0.25, -0.2) is 19.4 Å². The number of halogens is 1. The summed E-state index contributed by atoms with van der Waals surface area (Å²) < 4.78 is 49.9. The first-order valence-electron chi connectivity index (χ1n) is 9.66. The van der Waals surface area contributed by atoms with Crippen molar-refractivity contribution < 1.29 is 46.5 Å². The number of carbonyl (C=O) groups is 2. The molecule has 1 saturated heterocycles. The van der Waals surface area contributed by atoms with Gasteiger partial charge in [0.05, 0.1) is 13.4 Å². The molecule has 1 aliphatic heterocycles. The van der Waals surface area contributed by atoms with E-state index < -0.39 is 48.9 Å². The van der Waals surface area contributed by atoms with Gasteiger partial charge in [-0.2, -0.15) is 14.4 Å². The van der Waals surface area contributed by atoms with Gasteiger partial charge < -0.3 is 38.3 Å². The number of ether oxygens (including phenoxy) is 5. The number of carbonyl (C=O) groups excluding carboxylic acids is 2. The van der Waals surface area contributed by atoms with Gasteiger partial charge in [0.2, 0.25) is 0 Å². The number of nitrogens with two attached hydrogens (primary N) is 1. The lowest BCUT2D eigenvalue weighted by molar-refractivity contribution is -0.207. The molecule has 2 N–H and O–H groups in total. The Labute approximate surface area is 193 Å². The molecule has 35 heavy (non-hydrogen) atoms. The van der Waals surface area contributed by atoms with Gasteiger partial charge in [-0.05, 0) is 12.8 Å². The number of hydrogen-bond donors (Lipinski definition) is 1. The van der Waals surface area contributed by atoms with Gasteiger partial charge in [-0.1, -0.05) is 0 Å². The topological polar surface area (TPSA) is 193 Å². The molecule has 0 bridgehead atoms. The van der Waals surface area contributed by atoms with E-state index in [1.54, 1.807) is 0 Å². The number of anilines is 1. The monoisotopic (exact) mass is 493 g/mol. The molecule has 0 radical (unpaired) electrons. The molecule has 4 heterocycles. The van der Waals surface area contributed by atoms with Crippen molar-refractivity contribution in [3.8, 4) is 12.3 Å². The van der Waals surface area contributed by atoms with Crippen LogP contribution in [0.25, 0.3) is 11.2 Å². The first-order valence-corrected chi connectivity index (χ1v) is 9.66. The quantitative estimate of drug-likeness (QED) is 0.302. The molecule has 0 aliphatic carbocycles. The van der Waals surface area contributed by atoms with E-state index in [0.717, 1.165) is 7.11 Å². The fourth-order valence-corrected chi connectivity index (χ4v) is 3.27. The second-order valence-electron chi connectivity index (χ2n) is 6.96. The number of nitrogens with zero attached hydrogens (tertiary/aromatic N) is 4. The van der Waals surface area contributed by atoms with E-state index in [1.165, 1.54) is 17.8 Å². The number of methoxy groups -OCH3 is 1. The van der Waals surface area contributed by atoms with Gasteiger partial charge in [0.1, 0.15) is 6.23 Å². The lowest BCUT2D eigenvalue weighted by Gasteiger charge is -2.27. The molecule has 0 unspecified atom stereocenters. The Morgan fingerprint density at radius 1 is 1.37 bits per heavy atom. The Morgan fingerprint density at radius 3 is 2.80 bits per heavy atom. The van der Waals surface area contributed by atoms with E-state index in [-0.39, 0.29) is 34.9 Å². The molecule has 184 valence electrons. The summed E-state index contributed by atoms with van der Waals surface area (Å²) in [6.07, 6.45) is 0.348. The van der Waals surface area contributed by atoms with Crippen molar-refractivity contribution in [2.45, 2.75) is 38.1 Å². The minimum atomic E-state index is -2.28. The Hall–Kier alpha value is -4.65. The molecular formula is C19H16FN5O10.